The summed E-state index contributed by atoms with van der Waals surface area (Å²) in [5.41, 5.74) is -0.185. The summed E-state index contributed by atoms with van der Waals surface area (Å²) in [6, 6.07) is 10.4. The molecule has 2 heterocycles. The second-order valence-electron chi connectivity index (χ2n) is 6.33. The average Bonchev–Trinajstić information content (AvgIpc) is 3.17. The summed E-state index contributed by atoms with van der Waals surface area (Å²) in [6.07, 6.45) is -1.77. The number of halogens is 4. The van der Waals surface area contributed by atoms with Crippen LogP contribution in [0.15, 0.2) is 66.1 Å². The number of alkyl halides is 3. The SMILES string of the molecule is O=C(CSc1ncnc2c1cnn2-c1ccc(F)cc1)Nc1ccccc1C(F)(F)F. The Morgan fingerprint density at radius 3 is 2.55 bits per heavy atom. The molecule has 0 aliphatic heterocycles. The molecule has 4 rings (SSSR count). The Morgan fingerprint density at radius 1 is 1.06 bits per heavy atom. The largest absolute Gasteiger partial charge is 0.418 e. The summed E-state index contributed by atoms with van der Waals surface area (Å²) in [5, 5.41) is 7.53. The molecule has 4 aromatic rings. The third kappa shape index (κ3) is 4.50. The molecule has 0 bridgehead atoms. The Morgan fingerprint density at radius 2 is 1.81 bits per heavy atom. The molecule has 0 fully saturated rings. The third-order valence-corrected chi connectivity index (χ3v) is 5.25. The van der Waals surface area contributed by atoms with E-state index in [0.29, 0.717) is 21.7 Å². The number of nitrogens with one attached hydrogen (secondary N) is 1. The number of para-hydroxylation sites is 1. The van der Waals surface area contributed by atoms with Crippen LogP contribution < -0.4 is 5.32 Å². The van der Waals surface area contributed by atoms with Gasteiger partial charge in [0.25, 0.3) is 0 Å². The number of benzene rings is 2. The molecule has 6 nitrogen and oxygen atoms in total. The minimum atomic E-state index is -4.58. The van der Waals surface area contributed by atoms with Crippen molar-refractivity contribution < 1.29 is 22.4 Å². The van der Waals surface area contributed by atoms with E-state index in [9.17, 15) is 22.4 Å². The van der Waals surface area contributed by atoms with Crippen molar-refractivity contribution in [3.63, 3.8) is 0 Å². The lowest BCUT2D eigenvalue weighted by Gasteiger charge is -2.13. The van der Waals surface area contributed by atoms with E-state index in [1.54, 1.807) is 12.1 Å². The van der Waals surface area contributed by atoms with Gasteiger partial charge in [0, 0.05) is 0 Å². The van der Waals surface area contributed by atoms with Gasteiger partial charge >= 0.3 is 6.18 Å². The van der Waals surface area contributed by atoms with E-state index in [0.717, 1.165) is 17.8 Å². The second kappa shape index (κ2) is 8.34. The lowest BCUT2D eigenvalue weighted by atomic mass is 10.1. The number of aromatic nitrogens is 4. The summed E-state index contributed by atoms with van der Waals surface area (Å²) >= 11 is 1.04. The standard InChI is InChI=1S/C20H13F4N5OS/c21-12-5-7-13(8-6-12)29-18-14(9-27-29)19(26-11-25-18)31-10-17(30)28-16-4-2-1-3-15(16)20(22,23)24/h1-9,11H,10H2,(H,28,30). The molecular formula is C20H13F4N5OS. The highest BCUT2D eigenvalue weighted by molar-refractivity contribution is 8.00. The zero-order valence-electron chi connectivity index (χ0n) is 15.6. The van der Waals surface area contributed by atoms with Crippen LogP contribution in [0.5, 0.6) is 0 Å². The number of anilines is 1. The highest BCUT2D eigenvalue weighted by atomic mass is 32.2. The maximum absolute atomic E-state index is 13.2. The fourth-order valence-electron chi connectivity index (χ4n) is 2.87. The molecule has 2 aromatic carbocycles. The van der Waals surface area contributed by atoms with Gasteiger partial charge in [-0.05, 0) is 36.4 Å². The van der Waals surface area contributed by atoms with Crippen LogP contribution in [0.4, 0.5) is 23.2 Å². The number of hydrogen-bond donors (Lipinski definition) is 1. The fourth-order valence-corrected chi connectivity index (χ4v) is 3.63. The molecule has 0 aliphatic carbocycles. The number of fused-ring (bicyclic) bond motifs is 1. The molecule has 0 atom stereocenters. The lowest BCUT2D eigenvalue weighted by Crippen LogP contribution is -2.18. The van der Waals surface area contributed by atoms with Crippen LogP contribution in [0.25, 0.3) is 16.7 Å². The highest BCUT2D eigenvalue weighted by Crippen LogP contribution is 2.34. The van der Waals surface area contributed by atoms with Crippen molar-refractivity contribution in [1.29, 1.82) is 0 Å². The summed E-state index contributed by atoms with van der Waals surface area (Å²) in [7, 11) is 0. The van der Waals surface area contributed by atoms with Crippen molar-refractivity contribution in [3.05, 3.63) is 72.4 Å². The summed E-state index contributed by atoms with van der Waals surface area (Å²) in [5.74, 6) is -1.16. The molecule has 0 saturated heterocycles. The summed E-state index contributed by atoms with van der Waals surface area (Å²) in [4.78, 5) is 20.6. The van der Waals surface area contributed by atoms with E-state index in [-0.39, 0.29) is 17.3 Å². The Bertz CT molecular complexity index is 1240. The minimum Gasteiger partial charge on any atom is -0.325 e. The van der Waals surface area contributed by atoms with Crippen LogP contribution in [0.1, 0.15) is 5.56 Å². The lowest BCUT2D eigenvalue weighted by molar-refractivity contribution is -0.137. The van der Waals surface area contributed by atoms with Gasteiger partial charge in [-0.2, -0.15) is 18.3 Å². The molecule has 0 aliphatic rings. The molecule has 1 N–H and O–H groups in total. The van der Waals surface area contributed by atoms with E-state index in [1.807, 2.05) is 0 Å². The number of nitrogens with zero attached hydrogens (tertiary/aromatic N) is 4. The van der Waals surface area contributed by atoms with E-state index in [4.69, 9.17) is 0 Å². The van der Waals surface area contributed by atoms with Crippen LogP contribution in [-0.2, 0) is 11.0 Å². The first-order valence-electron chi connectivity index (χ1n) is 8.86. The third-order valence-electron chi connectivity index (χ3n) is 4.25. The van der Waals surface area contributed by atoms with E-state index in [1.165, 1.54) is 47.5 Å². The van der Waals surface area contributed by atoms with Gasteiger partial charge in [0.15, 0.2) is 5.65 Å². The highest BCUT2D eigenvalue weighted by Gasteiger charge is 2.33. The number of amides is 1. The van der Waals surface area contributed by atoms with Gasteiger partial charge in [0.1, 0.15) is 17.2 Å². The quantitative estimate of drug-likeness (QED) is 0.273. The van der Waals surface area contributed by atoms with Crippen LogP contribution in [0, 0.1) is 5.82 Å². The maximum atomic E-state index is 13.2. The normalized spacial score (nSPS) is 11.6. The molecule has 0 radical (unpaired) electrons. The first-order valence-corrected chi connectivity index (χ1v) is 9.85. The van der Waals surface area contributed by atoms with Gasteiger partial charge in [0.05, 0.1) is 34.3 Å². The fraction of sp³-hybridized carbons (Fsp3) is 0.100. The van der Waals surface area contributed by atoms with Crippen molar-refractivity contribution in [2.24, 2.45) is 0 Å². The first-order chi connectivity index (χ1) is 14.8. The zero-order valence-corrected chi connectivity index (χ0v) is 16.4. The van der Waals surface area contributed by atoms with Crippen molar-refractivity contribution in [2.45, 2.75) is 11.2 Å². The Kier molecular flexibility index (Phi) is 5.59. The molecule has 1 amide bonds. The van der Waals surface area contributed by atoms with Gasteiger partial charge in [-0.25, -0.2) is 19.0 Å². The van der Waals surface area contributed by atoms with E-state index < -0.39 is 17.6 Å². The predicted octanol–water partition coefficient (Wildman–Crippen LogP) is 4.70. The average molecular weight is 447 g/mol. The molecule has 11 heteroatoms. The molecular weight excluding hydrogens is 434 g/mol. The van der Waals surface area contributed by atoms with Crippen LogP contribution in [-0.4, -0.2) is 31.4 Å². The predicted molar refractivity (Wildman–Crippen MR) is 107 cm³/mol. The van der Waals surface area contributed by atoms with E-state index >= 15 is 0 Å². The Labute approximate surface area is 177 Å². The van der Waals surface area contributed by atoms with Crippen molar-refractivity contribution in [2.75, 3.05) is 11.1 Å². The van der Waals surface area contributed by atoms with Gasteiger partial charge in [-0.1, -0.05) is 23.9 Å². The number of carbonyl (C=O) groups excluding carboxylic acids is 1. The van der Waals surface area contributed by atoms with Crippen molar-refractivity contribution in [1.82, 2.24) is 19.7 Å². The molecule has 0 unspecified atom stereocenters. The first kappa shape index (κ1) is 20.8. The van der Waals surface area contributed by atoms with E-state index in [2.05, 4.69) is 20.4 Å². The molecule has 0 spiro atoms. The summed E-state index contributed by atoms with van der Waals surface area (Å²) in [6.45, 7) is 0. The smallest absolute Gasteiger partial charge is 0.325 e. The number of carbonyl (C=O) groups is 1. The van der Waals surface area contributed by atoms with Gasteiger partial charge in [-0.15, -0.1) is 0 Å². The minimum absolute atomic E-state index is 0.167. The van der Waals surface area contributed by atoms with Crippen LogP contribution in [0.2, 0.25) is 0 Å². The maximum Gasteiger partial charge on any atom is 0.418 e. The summed E-state index contributed by atoms with van der Waals surface area (Å²) < 4.78 is 53.9. The molecule has 0 saturated carbocycles. The van der Waals surface area contributed by atoms with Gasteiger partial charge in [0.2, 0.25) is 5.91 Å². The van der Waals surface area contributed by atoms with Crippen molar-refractivity contribution in [3.8, 4) is 5.69 Å². The number of hydrogen-bond acceptors (Lipinski definition) is 5. The monoisotopic (exact) mass is 447 g/mol. The van der Waals surface area contributed by atoms with Crippen molar-refractivity contribution >= 4 is 34.4 Å². The number of rotatable bonds is 5. The van der Waals surface area contributed by atoms with Crippen LogP contribution in [0.3, 0.4) is 0 Å². The molecule has 31 heavy (non-hydrogen) atoms. The second-order valence-corrected chi connectivity index (χ2v) is 7.29. The topological polar surface area (TPSA) is 72.7 Å². The zero-order chi connectivity index (χ0) is 22.0. The van der Waals surface area contributed by atoms with Gasteiger partial charge < -0.3 is 5.32 Å². The molecule has 158 valence electrons. The Hall–Kier alpha value is -3.47. The van der Waals surface area contributed by atoms with Crippen LogP contribution >= 0.6 is 11.8 Å². The Balaban J connectivity index is 1.51. The molecule has 2 aromatic heterocycles. The van der Waals surface area contributed by atoms with Gasteiger partial charge in [-0.3, -0.25) is 4.79 Å². The number of thioether (sulfide) groups is 1.